The van der Waals surface area contributed by atoms with Gasteiger partial charge in [-0.1, -0.05) is 6.42 Å². The fourth-order valence-electron chi connectivity index (χ4n) is 6.14. The van der Waals surface area contributed by atoms with Gasteiger partial charge in [-0.25, -0.2) is 0 Å². The van der Waals surface area contributed by atoms with Gasteiger partial charge in [-0.3, -0.25) is 20.7 Å². The number of piperidine rings is 1. The second kappa shape index (κ2) is 10.7. The Balaban J connectivity index is 1.19. The van der Waals surface area contributed by atoms with Crippen LogP contribution in [-0.2, 0) is 9.53 Å². The van der Waals surface area contributed by atoms with Gasteiger partial charge in [0.1, 0.15) is 6.29 Å². The Labute approximate surface area is 181 Å². The highest BCUT2D eigenvalue weighted by molar-refractivity contribution is 5.79. The maximum absolute atomic E-state index is 12.9. The molecule has 0 aromatic carbocycles. The molecule has 4 aliphatic rings. The molecule has 7 nitrogen and oxygen atoms in total. The maximum atomic E-state index is 12.9. The van der Waals surface area contributed by atoms with Crippen LogP contribution in [0.2, 0.25) is 0 Å². The van der Waals surface area contributed by atoms with E-state index in [1.165, 1.54) is 25.7 Å². The van der Waals surface area contributed by atoms with Crippen molar-refractivity contribution in [3.05, 3.63) is 0 Å². The third kappa shape index (κ3) is 5.74. The Morgan fingerprint density at radius 3 is 2.47 bits per heavy atom. The van der Waals surface area contributed by atoms with Crippen LogP contribution in [0.15, 0.2) is 0 Å². The lowest BCUT2D eigenvalue weighted by Crippen LogP contribution is -2.63. The molecule has 4 rings (SSSR count). The number of ether oxygens (including phenoxy) is 1. The van der Waals surface area contributed by atoms with Crippen molar-refractivity contribution < 1.29 is 14.6 Å². The molecule has 0 spiro atoms. The van der Waals surface area contributed by atoms with Crippen molar-refractivity contribution >= 4 is 5.91 Å². The Morgan fingerprint density at radius 1 is 1.00 bits per heavy atom. The number of aliphatic hydroxyl groups is 1. The third-order valence-corrected chi connectivity index (χ3v) is 8.02. The Kier molecular flexibility index (Phi) is 8.03. The molecule has 2 saturated heterocycles. The number of nitrogens with zero attached hydrogens (tertiary/aromatic N) is 1. The first-order valence-corrected chi connectivity index (χ1v) is 12.3. The number of hydrogen-bond acceptors (Lipinski definition) is 6. The van der Waals surface area contributed by atoms with Gasteiger partial charge in [0.15, 0.2) is 0 Å². The number of carbonyl (C=O) groups excluding carboxylic acids is 1. The van der Waals surface area contributed by atoms with Gasteiger partial charge in [0, 0.05) is 45.2 Å². The van der Waals surface area contributed by atoms with E-state index in [0.29, 0.717) is 24.6 Å². The summed E-state index contributed by atoms with van der Waals surface area (Å²) in [7, 11) is 1.84. The fourth-order valence-corrected chi connectivity index (χ4v) is 6.14. The number of likely N-dealkylation sites (tertiary alicyclic amines) is 1. The molecule has 1 amide bonds. The van der Waals surface area contributed by atoms with E-state index in [1.54, 1.807) is 0 Å². The molecule has 3 atom stereocenters. The average Bonchev–Trinajstić information content (AvgIpc) is 2.79. The smallest absolute Gasteiger partial charge is 0.225 e. The quantitative estimate of drug-likeness (QED) is 0.536. The fraction of sp³-hybridized carbons (Fsp3) is 0.957. The molecule has 2 saturated carbocycles. The summed E-state index contributed by atoms with van der Waals surface area (Å²) in [5.41, 5.74) is 0. The van der Waals surface area contributed by atoms with Crippen LogP contribution < -0.4 is 16.0 Å². The molecule has 4 fully saturated rings. The van der Waals surface area contributed by atoms with Crippen molar-refractivity contribution in [1.82, 2.24) is 20.9 Å². The lowest BCUT2D eigenvalue weighted by Gasteiger charge is -2.41. The van der Waals surface area contributed by atoms with E-state index in [1.807, 2.05) is 12.0 Å². The van der Waals surface area contributed by atoms with Gasteiger partial charge in [-0.2, -0.15) is 0 Å². The van der Waals surface area contributed by atoms with Gasteiger partial charge in [-0.15, -0.1) is 0 Å². The molecule has 3 unspecified atom stereocenters. The van der Waals surface area contributed by atoms with Gasteiger partial charge in [0.25, 0.3) is 0 Å². The highest BCUT2D eigenvalue weighted by atomic mass is 16.5. The number of amides is 1. The van der Waals surface area contributed by atoms with E-state index >= 15 is 0 Å². The van der Waals surface area contributed by atoms with E-state index in [4.69, 9.17) is 4.74 Å². The molecule has 0 aromatic heterocycles. The van der Waals surface area contributed by atoms with Crippen molar-refractivity contribution in [1.29, 1.82) is 0 Å². The summed E-state index contributed by atoms with van der Waals surface area (Å²) < 4.78 is 5.52. The van der Waals surface area contributed by atoms with Crippen molar-refractivity contribution in [3.63, 3.8) is 0 Å². The zero-order chi connectivity index (χ0) is 20.9. The predicted octanol–water partition coefficient (Wildman–Crippen LogP) is 1.42. The summed E-state index contributed by atoms with van der Waals surface area (Å²) in [4.78, 5) is 14.9. The molecule has 4 N–H and O–H groups in total. The molecule has 7 heteroatoms. The zero-order valence-electron chi connectivity index (χ0n) is 18.7. The van der Waals surface area contributed by atoms with Crippen LogP contribution in [0.3, 0.4) is 0 Å². The maximum Gasteiger partial charge on any atom is 0.225 e. The van der Waals surface area contributed by atoms with E-state index in [0.717, 1.165) is 64.1 Å². The molecule has 0 bridgehead atoms. The van der Waals surface area contributed by atoms with E-state index in [-0.39, 0.29) is 24.2 Å². The summed E-state index contributed by atoms with van der Waals surface area (Å²) in [5, 5.41) is 21.0. The number of rotatable bonds is 5. The minimum Gasteiger partial charge on any atom is -0.391 e. The van der Waals surface area contributed by atoms with Crippen molar-refractivity contribution in [3.8, 4) is 0 Å². The minimum absolute atomic E-state index is 0.105. The first-order valence-electron chi connectivity index (χ1n) is 12.3. The average molecular weight is 423 g/mol. The van der Waals surface area contributed by atoms with Crippen LogP contribution >= 0.6 is 0 Å². The molecule has 172 valence electrons. The number of nitrogens with one attached hydrogen (secondary N) is 3. The normalized spacial score (nSPS) is 40.9. The summed E-state index contributed by atoms with van der Waals surface area (Å²) >= 11 is 0. The van der Waals surface area contributed by atoms with Gasteiger partial charge < -0.3 is 14.7 Å². The zero-order valence-corrected chi connectivity index (χ0v) is 18.7. The lowest BCUT2D eigenvalue weighted by molar-refractivity contribution is -0.140. The van der Waals surface area contributed by atoms with Crippen molar-refractivity contribution in [2.24, 2.45) is 17.8 Å². The highest BCUT2D eigenvalue weighted by Crippen LogP contribution is 2.32. The Morgan fingerprint density at radius 2 is 1.77 bits per heavy atom. The highest BCUT2D eigenvalue weighted by Gasteiger charge is 2.34. The monoisotopic (exact) mass is 422 g/mol. The summed E-state index contributed by atoms with van der Waals surface area (Å²) in [6, 6.07) is 0.376. The summed E-state index contributed by atoms with van der Waals surface area (Å²) in [6.07, 6.45) is 11.1. The van der Waals surface area contributed by atoms with Crippen LogP contribution in [0.25, 0.3) is 0 Å². The van der Waals surface area contributed by atoms with Gasteiger partial charge in [-0.05, 0) is 69.6 Å². The van der Waals surface area contributed by atoms with Gasteiger partial charge in [0.2, 0.25) is 5.91 Å². The molecule has 2 heterocycles. The second-order valence-corrected chi connectivity index (χ2v) is 10.1. The SMILES string of the molecule is COC1CCC(C2CNC(NC3CCCC(C(=O)N4CCCC(O)C4)C3)NC2)CC1. The van der Waals surface area contributed by atoms with Gasteiger partial charge >= 0.3 is 0 Å². The van der Waals surface area contributed by atoms with Gasteiger partial charge in [0.05, 0.1) is 12.2 Å². The van der Waals surface area contributed by atoms with E-state index in [2.05, 4.69) is 16.0 Å². The Bertz CT molecular complexity index is 547. The Hall–Kier alpha value is -0.730. The van der Waals surface area contributed by atoms with Crippen molar-refractivity contribution in [2.45, 2.75) is 88.7 Å². The van der Waals surface area contributed by atoms with Crippen LogP contribution in [-0.4, -0.2) is 73.7 Å². The predicted molar refractivity (Wildman–Crippen MR) is 117 cm³/mol. The number of carbonyl (C=O) groups is 1. The topological polar surface area (TPSA) is 85.9 Å². The van der Waals surface area contributed by atoms with E-state index in [9.17, 15) is 9.90 Å². The van der Waals surface area contributed by atoms with Crippen molar-refractivity contribution in [2.75, 3.05) is 33.3 Å². The molecule has 30 heavy (non-hydrogen) atoms. The summed E-state index contributed by atoms with van der Waals surface area (Å²) in [5.74, 6) is 1.87. The summed E-state index contributed by atoms with van der Waals surface area (Å²) in [6.45, 7) is 3.46. The van der Waals surface area contributed by atoms with Crippen LogP contribution in [0, 0.1) is 17.8 Å². The molecule has 2 aliphatic heterocycles. The number of aliphatic hydroxyl groups excluding tert-OH is 1. The standard InChI is InChI=1S/C23H42N4O3/c1-30-21-9-7-16(8-10-21)18-13-24-23(25-14-18)26-19-5-2-4-17(12-19)22(29)27-11-3-6-20(28)15-27/h16-21,23-26,28H,2-15H2,1H3. The van der Waals surface area contributed by atoms with Crippen LogP contribution in [0.1, 0.15) is 64.2 Å². The minimum atomic E-state index is -0.339. The largest absolute Gasteiger partial charge is 0.391 e. The first kappa shape index (κ1) is 22.5. The molecular weight excluding hydrogens is 380 g/mol. The van der Waals surface area contributed by atoms with Crippen LogP contribution in [0.5, 0.6) is 0 Å². The molecular formula is C23H42N4O3. The molecule has 2 aliphatic carbocycles. The second-order valence-electron chi connectivity index (χ2n) is 10.1. The first-order chi connectivity index (χ1) is 14.6. The third-order valence-electron chi connectivity index (χ3n) is 8.02. The number of methoxy groups -OCH3 is 1. The molecule has 0 aromatic rings. The lowest BCUT2D eigenvalue weighted by atomic mass is 9.78. The molecule has 0 radical (unpaired) electrons. The number of hydrogen-bond donors (Lipinski definition) is 4. The van der Waals surface area contributed by atoms with E-state index < -0.39 is 0 Å². The number of β-amino-alcohol motifs (C(OH)–C–C–N with tert-alkyl or cyclic N) is 1. The van der Waals surface area contributed by atoms with Crippen LogP contribution in [0.4, 0.5) is 0 Å².